The number of amidine groups is 4. The molecular weight excluding hydrogens is 1380 g/mol. The van der Waals surface area contributed by atoms with E-state index in [0.717, 1.165) is 30.3 Å². The molecule has 6 heterocycles. The molecule has 4 aliphatic rings. The van der Waals surface area contributed by atoms with E-state index >= 15 is 0 Å². The van der Waals surface area contributed by atoms with E-state index < -0.39 is 43.0 Å². The molecule has 22 nitrogen and oxygen atoms in total. The van der Waals surface area contributed by atoms with E-state index in [9.17, 15) is 25.9 Å². The number of aliphatic imine (C=N–C) groups is 4. The molecule has 14 rings (SSSR count). The van der Waals surface area contributed by atoms with Gasteiger partial charge in [0, 0.05) is 0 Å². The molecule has 0 saturated heterocycles. The fraction of sp³-hybridized carbons (Fsp3) is 0.188. The second-order valence-electron chi connectivity index (χ2n) is 21.1. The quantitative estimate of drug-likeness (QED) is 0.0212. The van der Waals surface area contributed by atoms with Gasteiger partial charge in [0.2, 0.25) is 0 Å². The third-order valence-corrected chi connectivity index (χ3v) is 26.4. The maximum Gasteiger partial charge on any atom is 1.00 e. The standard InChI is InChI=1S/C64H48N8O10S2.In.3Na.H2O4S.3H/c1-5-9-25-77-53-41-17-13-15-19-43(41)55(79-27-11-7-3)51-49(53)62-68-58-46-32-36-22-24-40(84(74,75)76)30-38(36)34-48(46)60(66-58)70-64-52-50(54(78-26-10-6-2)42-18-14-16-20-44(42)56(52)80-28-12-8-4)61(72-64)67-57-45-31-35-21-23-39(83-82-81-73)29-37(35)33-47(45)59(65-57)69-63(51)71-62;;;;;1-5(2,3)4;;;/h13-24,29-34H,5,8-9,12,25-28H2,1-4H3,(H2-2,65,66,67,68,69,70,71,72,73,74,75,76);;;;;(H2,1,2,3,4);;;/q-2;+3;3*+1;;3*-1/p-1. The number of aromatic nitrogens is 2. The van der Waals surface area contributed by atoms with E-state index in [2.05, 4.69) is 28.7 Å². The molecule has 3 N–H and O–H groups in total. The Morgan fingerprint density at radius 3 is 1.41 bits per heavy atom. The summed E-state index contributed by atoms with van der Waals surface area (Å²) in [5.41, 5.74) is 1.83. The molecule has 0 aliphatic carbocycles. The van der Waals surface area contributed by atoms with E-state index in [4.69, 9.17) is 60.8 Å². The van der Waals surface area contributed by atoms with Crippen molar-refractivity contribution < 1.29 is 155 Å². The largest absolute Gasteiger partial charge is 1.00 e. The minimum absolute atomic E-state index is 0. The van der Waals surface area contributed by atoms with Gasteiger partial charge in [-0.3, -0.25) is 0 Å². The summed E-state index contributed by atoms with van der Waals surface area (Å²) in [6, 6.07) is 31.9. The van der Waals surface area contributed by atoms with Gasteiger partial charge in [-0.25, -0.2) is 5.26 Å². The zero-order valence-electron chi connectivity index (χ0n) is 54.3. The van der Waals surface area contributed by atoms with Crippen molar-refractivity contribution in [1.82, 2.24) is 5.11 Å². The Balaban J connectivity index is 0.00000196. The predicted octanol–water partition coefficient (Wildman–Crippen LogP) is 2.54. The zero-order chi connectivity index (χ0) is 62.2. The first-order chi connectivity index (χ1) is 43.7. The molecule has 0 saturated carbocycles. The van der Waals surface area contributed by atoms with Crippen LogP contribution in [0.1, 0.15) is 79.9 Å². The predicted molar refractivity (Wildman–Crippen MR) is 346 cm³/mol. The molecule has 0 atom stereocenters. The van der Waals surface area contributed by atoms with Crippen LogP contribution in [-0.2, 0) is 32.2 Å². The minimum Gasteiger partial charge on any atom is -1.00 e. The summed E-state index contributed by atoms with van der Waals surface area (Å²) in [5, 5.41) is 18.9. The molecule has 0 amide bonds. The van der Waals surface area contributed by atoms with Crippen LogP contribution in [0.4, 0.5) is 11.6 Å². The first kappa shape index (κ1) is 68.7. The SMILES string of the molecule is CC#CCOc1c2ccccc2c(OCCCC)c2c3[n]4c(c12)N=C1N=C(N=c2c5c(OCC#CC)c6ccccc6c(OCCCC)c5c([n]2[In]4[O]S(=O)(=O)O)=NC2=NC(=N3)c3cc4cc(S(=O)(=O)O)ccc4cc32)c2cc3cc(SOOO)ccc3cc21.[H-].[H-].[H-].[Na+].[Na+].[Na+]. The van der Waals surface area contributed by atoms with E-state index in [1.54, 1.807) is 43.2 Å². The maximum absolute atomic E-state index is 14.4. The van der Waals surface area contributed by atoms with Gasteiger partial charge in [-0.15, -0.1) is 0 Å². The van der Waals surface area contributed by atoms with Gasteiger partial charge >= 0.3 is 614 Å². The van der Waals surface area contributed by atoms with Crippen molar-refractivity contribution in [3.63, 3.8) is 0 Å². The number of ether oxygens (including phenoxy) is 4. The third-order valence-electron chi connectivity index (χ3n) is 15.7. The van der Waals surface area contributed by atoms with E-state index in [0.29, 0.717) is 94.6 Å². The van der Waals surface area contributed by atoms with Gasteiger partial charge in [0.15, 0.2) is 0 Å². The van der Waals surface area contributed by atoms with Gasteiger partial charge in [-0.2, -0.15) is 0 Å². The summed E-state index contributed by atoms with van der Waals surface area (Å²) in [7, 11) is -10.2. The van der Waals surface area contributed by atoms with E-state index in [1.165, 1.54) is 12.1 Å². The summed E-state index contributed by atoms with van der Waals surface area (Å²) in [4.78, 5) is 33.0. The molecule has 0 unspecified atom stereocenters. The maximum atomic E-state index is 14.4. The van der Waals surface area contributed by atoms with Crippen molar-refractivity contribution in [2.24, 2.45) is 30.0 Å². The molecule has 29 heteroatoms. The van der Waals surface area contributed by atoms with E-state index in [1.807, 2.05) is 86.6 Å². The second-order valence-corrected chi connectivity index (χ2v) is 30.8. The molecule has 0 spiro atoms. The summed E-state index contributed by atoms with van der Waals surface area (Å²) in [6.07, 6.45) is 2.76. The Kier molecular flexibility index (Phi) is 20.8. The minimum atomic E-state index is -5.83. The Morgan fingerprint density at radius 1 is 0.527 bits per heavy atom. The van der Waals surface area contributed by atoms with Crippen molar-refractivity contribution in [3.05, 3.63) is 142 Å². The molecule has 456 valence electrons. The summed E-state index contributed by atoms with van der Waals surface area (Å²) in [6.45, 7) is 7.65. The molecule has 6 bridgehead atoms. The van der Waals surface area contributed by atoms with Gasteiger partial charge in [0.1, 0.15) is 0 Å². The molecule has 2 aromatic heterocycles. The number of benzene rings is 8. The molecule has 10 aromatic rings. The number of nitrogens with zero attached hydrogens (tertiary/aromatic N) is 8. The zero-order valence-corrected chi connectivity index (χ0v) is 63.0. The van der Waals surface area contributed by atoms with Gasteiger partial charge in [-0.05, 0) is 0 Å². The summed E-state index contributed by atoms with van der Waals surface area (Å²) in [5.74, 6) is 13.5. The molecule has 93 heavy (non-hydrogen) atoms. The van der Waals surface area contributed by atoms with Crippen LogP contribution in [0.5, 0.6) is 23.0 Å². The first-order valence-electron chi connectivity index (χ1n) is 28.5. The smallest absolute Gasteiger partial charge is 1.00 e. The molecule has 4 aliphatic heterocycles. The number of hydrogen-bond acceptors (Lipinski definition) is 19. The van der Waals surface area contributed by atoms with Crippen molar-refractivity contribution in [2.45, 2.75) is 63.2 Å². The summed E-state index contributed by atoms with van der Waals surface area (Å²) < 4.78 is 118. The Labute approximate surface area is 616 Å². The van der Waals surface area contributed by atoms with Crippen LogP contribution in [0.2, 0.25) is 0 Å². The number of hydrogen-bond donors (Lipinski definition) is 3. The van der Waals surface area contributed by atoms with Crippen LogP contribution in [0, 0.1) is 23.7 Å². The van der Waals surface area contributed by atoms with Gasteiger partial charge in [0.05, 0.1) is 0 Å². The van der Waals surface area contributed by atoms with Crippen LogP contribution in [0.3, 0.4) is 0 Å². The molecule has 8 aromatic carbocycles. The average Bonchev–Trinajstić information content (AvgIpc) is 1.53. The average molecular weight is 1440 g/mol. The van der Waals surface area contributed by atoms with Crippen molar-refractivity contribution in [3.8, 4) is 46.7 Å². The first-order valence-corrected chi connectivity index (χ1v) is 36.3. The number of fused-ring (bicyclic) bond motifs is 18. The monoisotopic (exact) mass is 1440 g/mol. The third kappa shape index (κ3) is 12.5. The van der Waals surface area contributed by atoms with Crippen LogP contribution >= 0.6 is 12.0 Å². The fourth-order valence-corrected chi connectivity index (χ4v) is 21.6. The number of rotatable bonds is 18. The van der Waals surface area contributed by atoms with Crippen molar-refractivity contribution >= 4 is 155 Å². The normalized spacial score (nSPS) is 13.3. The topological polar surface area (TPSA) is 278 Å². The Morgan fingerprint density at radius 2 is 0.957 bits per heavy atom. The molecule has 0 radical (unpaired) electrons. The van der Waals surface area contributed by atoms with Crippen molar-refractivity contribution in [1.29, 1.82) is 0 Å². The van der Waals surface area contributed by atoms with Crippen LogP contribution in [-0.4, -0.2) is 109 Å². The van der Waals surface area contributed by atoms with Gasteiger partial charge in [-0.1, -0.05) is 0 Å². The van der Waals surface area contributed by atoms with Crippen LogP contribution < -0.4 is 119 Å². The second kappa shape index (κ2) is 28.2. The Bertz CT molecular complexity index is 5490. The molecular formula is C64H52InN8Na3O14S3. The van der Waals surface area contributed by atoms with Crippen LogP contribution in [0.25, 0.3) is 64.6 Å². The van der Waals surface area contributed by atoms with Crippen LogP contribution in [0.15, 0.2) is 149 Å². The Hall–Kier alpha value is -5.64. The van der Waals surface area contributed by atoms with Crippen molar-refractivity contribution in [2.75, 3.05) is 26.4 Å². The van der Waals surface area contributed by atoms with Gasteiger partial charge < -0.3 is 4.28 Å². The van der Waals surface area contributed by atoms with E-state index in [-0.39, 0.29) is 198 Å². The summed E-state index contributed by atoms with van der Waals surface area (Å²) >= 11 is -5.04. The molecule has 0 fully saturated rings. The van der Waals surface area contributed by atoms with Gasteiger partial charge in [0.25, 0.3) is 0 Å². The fourth-order valence-electron chi connectivity index (χ4n) is 11.8. The number of unbranched alkanes of at least 4 members (excludes halogenated alkanes) is 2.